The normalized spacial score (nSPS) is 13.5. The summed E-state index contributed by atoms with van der Waals surface area (Å²) in [6, 6.07) is 6.68. The summed E-state index contributed by atoms with van der Waals surface area (Å²) in [6.07, 6.45) is -5.89. The minimum atomic E-state index is -4.51. The minimum absolute atomic E-state index is 0.0987. The number of hydrogen-bond donors (Lipinski definition) is 2. The van der Waals surface area contributed by atoms with Crippen LogP contribution in [0.4, 0.5) is 17.6 Å². The SMILES string of the molecule is COc1ccc(S(=O)(=O)NCC(O)c2ccc(C(F)(F)F)cc2)cc1F. The van der Waals surface area contributed by atoms with Crippen LogP contribution in [0.5, 0.6) is 5.75 Å². The van der Waals surface area contributed by atoms with Gasteiger partial charge in [-0.1, -0.05) is 12.1 Å². The van der Waals surface area contributed by atoms with E-state index in [9.17, 15) is 31.1 Å². The second kappa shape index (κ2) is 7.60. The number of alkyl halides is 3. The molecule has 10 heteroatoms. The number of methoxy groups -OCH3 is 1. The van der Waals surface area contributed by atoms with Gasteiger partial charge in [-0.3, -0.25) is 0 Å². The molecule has 2 aromatic rings. The molecule has 0 aliphatic rings. The van der Waals surface area contributed by atoms with Gasteiger partial charge in [0, 0.05) is 6.54 Å². The van der Waals surface area contributed by atoms with Gasteiger partial charge in [-0.15, -0.1) is 0 Å². The first-order valence-corrected chi connectivity index (χ1v) is 8.71. The fraction of sp³-hybridized carbons (Fsp3) is 0.250. The van der Waals surface area contributed by atoms with Crippen molar-refractivity contribution >= 4 is 10.0 Å². The van der Waals surface area contributed by atoms with Crippen LogP contribution in [-0.4, -0.2) is 27.2 Å². The van der Waals surface area contributed by atoms with Crippen molar-refractivity contribution in [2.24, 2.45) is 0 Å². The summed E-state index contributed by atoms with van der Waals surface area (Å²) in [5, 5.41) is 9.96. The summed E-state index contributed by atoms with van der Waals surface area (Å²) in [4.78, 5) is -0.379. The Morgan fingerprint density at radius 3 is 2.27 bits per heavy atom. The zero-order chi connectivity index (χ0) is 19.5. The van der Waals surface area contributed by atoms with E-state index in [1.54, 1.807) is 0 Å². The molecule has 1 atom stereocenters. The molecule has 142 valence electrons. The summed E-state index contributed by atoms with van der Waals surface area (Å²) in [6.45, 7) is -0.499. The Kier molecular flexibility index (Phi) is 5.89. The molecule has 2 N–H and O–H groups in total. The smallest absolute Gasteiger partial charge is 0.416 e. The number of aliphatic hydroxyl groups is 1. The summed E-state index contributed by atoms with van der Waals surface area (Å²) < 4.78 is 82.2. The van der Waals surface area contributed by atoms with E-state index in [0.29, 0.717) is 0 Å². The molecule has 0 aromatic heterocycles. The highest BCUT2D eigenvalue weighted by atomic mass is 32.2. The largest absolute Gasteiger partial charge is 0.494 e. The highest BCUT2D eigenvalue weighted by molar-refractivity contribution is 7.89. The number of halogens is 4. The molecule has 0 bridgehead atoms. The van der Waals surface area contributed by atoms with Gasteiger partial charge in [0.15, 0.2) is 11.6 Å². The number of nitrogens with one attached hydrogen (secondary N) is 1. The van der Waals surface area contributed by atoms with Crippen LogP contribution in [-0.2, 0) is 16.2 Å². The zero-order valence-corrected chi connectivity index (χ0v) is 14.2. The van der Waals surface area contributed by atoms with Crippen molar-refractivity contribution < 1.29 is 35.8 Å². The van der Waals surface area contributed by atoms with Crippen LogP contribution in [0, 0.1) is 5.82 Å². The third kappa shape index (κ3) is 4.71. The van der Waals surface area contributed by atoms with Crippen LogP contribution in [0.3, 0.4) is 0 Å². The van der Waals surface area contributed by atoms with E-state index in [1.807, 2.05) is 0 Å². The average Bonchev–Trinajstić information content (AvgIpc) is 2.59. The molecule has 26 heavy (non-hydrogen) atoms. The molecule has 1 unspecified atom stereocenters. The number of sulfonamides is 1. The maximum atomic E-state index is 13.6. The first kappa shape index (κ1) is 20.1. The summed E-state index contributed by atoms with van der Waals surface area (Å²) in [5.41, 5.74) is -0.788. The molecule has 0 aliphatic carbocycles. The summed E-state index contributed by atoms with van der Waals surface area (Å²) >= 11 is 0. The van der Waals surface area contributed by atoms with Crippen molar-refractivity contribution in [3.8, 4) is 5.75 Å². The quantitative estimate of drug-likeness (QED) is 0.740. The van der Waals surface area contributed by atoms with Crippen molar-refractivity contribution in [2.75, 3.05) is 13.7 Å². The predicted molar refractivity (Wildman–Crippen MR) is 84.5 cm³/mol. The fourth-order valence-electron chi connectivity index (χ4n) is 2.10. The molecule has 0 fully saturated rings. The van der Waals surface area contributed by atoms with Gasteiger partial charge in [-0.05, 0) is 35.9 Å². The number of benzene rings is 2. The van der Waals surface area contributed by atoms with Crippen molar-refractivity contribution in [1.29, 1.82) is 0 Å². The third-order valence-electron chi connectivity index (χ3n) is 3.52. The first-order chi connectivity index (χ1) is 12.0. The lowest BCUT2D eigenvalue weighted by atomic mass is 10.1. The molecule has 0 heterocycles. The third-order valence-corrected chi connectivity index (χ3v) is 4.94. The van der Waals surface area contributed by atoms with Gasteiger partial charge in [0.25, 0.3) is 0 Å². The van der Waals surface area contributed by atoms with Gasteiger partial charge in [0.05, 0.1) is 23.7 Å². The lowest BCUT2D eigenvalue weighted by Crippen LogP contribution is -2.28. The maximum Gasteiger partial charge on any atom is 0.416 e. The zero-order valence-electron chi connectivity index (χ0n) is 13.4. The highest BCUT2D eigenvalue weighted by Crippen LogP contribution is 2.30. The van der Waals surface area contributed by atoms with Crippen LogP contribution in [0.25, 0.3) is 0 Å². The second-order valence-electron chi connectivity index (χ2n) is 5.28. The fourth-order valence-corrected chi connectivity index (χ4v) is 3.15. The maximum absolute atomic E-state index is 13.6. The van der Waals surface area contributed by atoms with Crippen LogP contribution < -0.4 is 9.46 Å². The Bertz CT molecular complexity index is 867. The van der Waals surface area contributed by atoms with E-state index in [-0.39, 0.29) is 16.2 Å². The van der Waals surface area contributed by atoms with E-state index < -0.39 is 40.2 Å². The topological polar surface area (TPSA) is 75.6 Å². The van der Waals surface area contributed by atoms with E-state index in [2.05, 4.69) is 4.72 Å². The van der Waals surface area contributed by atoms with Crippen molar-refractivity contribution in [1.82, 2.24) is 4.72 Å². The lowest BCUT2D eigenvalue weighted by molar-refractivity contribution is -0.137. The second-order valence-corrected chi connectivity index (χ2v) is 7.05. The Morgan fingerprint density at radius 1 is 1.15 bits per heavy atom. The summed E-state index contributed by atoms with van der Waals surface area (Å²) in [7, 11) is -2.90. The van der Waals surface area contributed by atoms with E-state index in [0.717, 1.165) is 42.5 Å². The van der Waals surface area contributed by atoms with Gasteiger partial charge in [-0.2, -0.15) is 13.2 Å². The highest BCUT2D eigenvalue weighted by Gasteiger charge is 2.30. The molecule has 0 spiro atoms. The van der Waals surface area contributed by atoms with Crippen molar-refractivity contribution in [3.63, 3.8) is 0 Å². The van der Waals surface area contributed by atoms with Crippen molar-refractivity contribution in [3.05, 3.63) is 59.4 Å². The number of rotatable bonds is 6. The average molecular weight is 393 g/mol. The van der Waals surface area contributed by atoms with Crippen LogP contribution >= 0.6 is 0 Å². The molecule has 2 aromatic carbocycles. The van der Waals surface area contributed by atoms with E-state index >= 15 is 0 Å². The molecule has 0 amide bonds. The number of ether oxygens (including phenoxy) is 1. The number of aliphatic hydroxyl groups excluding tert-OH is 1. The molecule has 2 rings (SSSR count). The van der Waals surface area contributed by atoms with Gasteiger partial charge >= 0.3 is 6.18 Å². The molecule has 0 radical (unpaired) electrons. The van der Waals surface area contributed by atoms with Crippen LogP contribution in [0.15, 0.2) is 47.4 Å². The Hall–Kier alpha value is -2.17. The van der Waals surface area contributed by atoms with E-state index in [4.69, 9.17) is 4.74 Å². The standard InChI is InChI=1S/C16H15F4NO4S/c1-25-15-7-6-12(8-13(15)17)26(23,24)21-9-14(22)10-2-4-11(5-3-10)16(18,19)20/h2-8,14,21-22H,9H2,1H3. The van der Waals surface area contributed by atoms with Gasteiger partial charge in [0.1, 0.15) is 0 Å². The van der Waals surface area contributed by atoms with Crippen molar-refractivity contribution in [2.45, 2.75) is 17.2 Å². The number of hydrogen-bond acceptors (Lipinski definition) is 4. The molecular weight excluding hydrogens is 378 g/mol. The van der Waals surface area contributed by atoms with Gasteiger partial charge in [0.2, 0.25) is 10.0 Å². The molecule has 0 saturated carbocycles. The Labute approximate surface area is 147 Å². The predicted octanol–water partition coefficient (Wildman–Crippen LogP) is 2.87. The molecular formula is C16H15F4NO4S. The van der Waals surface area contributed by atoms with Gasteiger partial charge < -0.3 is 9.84 Å². The monoisotopic (exact) mass is 393 g/mol. The van der Waals surface area contributed by atoms with Crippen LogP contribution in [0.2, 0.25) is 0 Å². The molecule has 0 saturated heterocycles. The summed E-state index contributed by atoms with van der Waals surface area (Å²) in [5.74, 6) is -1.01. The Balaban J connectivity index is 2.08. The molecule has 5 nitrogen and oxygen atoms in total. The van der Waals surface area contributed by atoms with Crippen LogP contribution in [0.1, 0.15) is 17.2 Å². The Morgan fingerprint density at radius 2 is 1.77 bits per heavy atom. The minimum Gasteiger partial charge on any atom is -0.494 e. The molecule has 0 aliphatic heterocycles. The lowest BCUT2D eigenvalue weighted by Gasteiger charge is -2.14. The van der Waals surface area contributed by atoms with Gasteiger partial charge in [-0.25, -0.2) is 17.5 Å². The first-order valence-electron chi connectivity index (χ1n) is 7.23. The van der Waals surface area contributed by atoms with E-state index in [1.165, 1.54) is 7.11 Å².